The van der Waals surface area contributed by atoms with Gasteiger partial charge in [0, 0.05) is 31.4 Å². The van der Waals surface area contributed by atoms with E-state index < -0.39 is 0 Å². The molecule has 6 heteroatoms. The van der Waals surface area contributed by atoms with Crippen LogP contribution < -0.4 is 5.73 Å². The molecule has 0 bridgehead atoms. The highest BCUT2D eigenvalue weighted by molar-refractivity contribution is 7.80. The van der Waals surface area contributed by atoms with E-state index in [1.807, 2.05) is 0 Å². The zero-order valence-electron chi connectivity index (χ0n) is 9.37. The van der Waals surface area contributed by atoms with Gasteiger partial charge in [0.15, 0.2) is 0 Å². The normalized spacial score (nSPS) is 16.8. The predicted molar refractivity (Wildman–Crippen MR) is 67.4 cm³/mol. The summed E-state index contributed by atoms with van der Waals surface area (Å²) in [5.41, 5.74) is 6.00. The van der Waals surface area contributed by atoms with Crippen LogP contribution in [0.25, 0.3) is 0 Å². The van der Waals surface area contributed by atoms with E-state index in [0.717, 1.165) is 12.8 Å². The molecule has 17 heavy (non-hydrogen) atoms. The molecule has 1 aromatic rings. The van der Waals surface area contributed by atoms with Gasteiger partial charge in [0.1, 0.15) is 5.69 Å². The molecule has 2 N–H and O–H groups in total. The maximum absolute atomic E-state index is 12.0. The highest BCUT2D eigenvalue weighted by Gasteiger charge is 2.25. The van der Waals surface area contributed by atoms with Crippen molar-refractivity contribution in [3.8, 4) is 0 Å². The van der Waals surface area contributed by atoms with Crippen LogP contribution in [0, 0.1) is 5.92 Å². The Kier molecular flexibility index (Phi) is 3.63. The van der Waals surface area contributed by atoms with Gasteiger partial charge in [-0.1, -0.05) is 12.2 Å². The monoisotopic (exact) mass is 250 g/mol. The third kappa shape index (κ3) is 2.76. The van der Waals surface area contributed by atoms with Crippen molar-refractivity contribution >= 4 is 23.1 Å². The molecule has 1 aromatic heterocycles. The summed E-state index contributed by atoms with van der Waals surface area (Å²) in [5, 5.41) is 0. The molecule has 2 heterocycles. The Bertz CT molecular complexity index is 415. The number of hydrogen-bond acceptors (Lipinski definition) is 4. The maximum Gasteiger partial charge on any atom is 0.274 e. The third-order valence-electron chi connectivity index (χ3n) is 2.97. The van der Waals surface area contributed by atoms with Crippen LogP contribution in [0.5, 0.6) is 0 Å². The molecule has 1 aliphatic heterocycles. The van der Waals surface area contributed by atoms with Crippen molar-refractivity contribution in [2.45, 2.75) is 12.8 Å². The zero-order valence-corrected chi connectivity index (χ0v) is 10.2. The summed E-state index contributed by atoms with van der Waals surface area (Å²) in [4.78, 5) is 22.3. The number of nitrogens with zero attached hydrogens (tertiary/aromatic N) is 3. The number of aromatic nitrogens is 2. The van der Waals surface area contributed by atoms with Gasteiger partial charge < -0.3 is 10.6 Å². The van der Waals surface area contributed by atoms with Gasteiger partial charge in [-0.05, 0) is 12.8 Å². The van der Waals surface area contributed by atoms with Crippen molar-refractivity contribution < 1.29 is 4.79 Å². The molecular weight excluding hydrogens is 236 g/mol. The molecule has 1 saturated heterocycles. The number of thiocarbonyl (C=S) groups is 1. The summed E-state index contributed by atoms with van der Waals surface area (Å²) in [7, 11) is 0. The minimum Gasteiger partial charge on any atom is -0.393 e. The molecule has 90 valence electrons. The molecule has 0 aliphatic carbocycles. The molecule has 0 radical (unpaired) electrons. The minimum absolute atomic E-state index is 0.0699. The van der Waals surface area contributed by atoms with Gasteiger partial charge >= 0.3 is 0 Å². The van der Waals surface area contributed by atoms with Gasteiger partial charge in [-0.15, -0.1) is 0 Å². The first-order valence-corrected chi connectivity index (χ1v) is 5.94. The Morgan fingerprint density at radius 3 is 2.65 bits per heavy atom. The first kappa shape index (κ1) is 11.9. The highest BCUT2D eigenvalue weighted by atomic mass is 32.1. The number of piperidine rings is 1. The lowest BCUT2D eigenvalue weighted by atomic mass is 9.97. The van der Waals surface area contributed by atoms with Gasteiger partial charge in [-0.2, -0.15) is 0 Å². The number of rotatable bonds is 2. The summed E-state index contributed by atoms with van der Waals surface area (Å²) in [5.74, 6) is 0.190. The predicted octanol–water partition coefficient (Wildman–Crippen LogP) is 0.615. The molecule has 1 aliphatic rings. The van der Waals surface area contributed by atoms with Crippen molar-refractivity contribution in [1.29, 1.82) is 0 Å². The second-order valence-corrected chi connectivity index (χ2v) is 4.53. The Balaban J connectivity index is 1.98. The Labute approximate surface area is 105 Å². The van der Waals surface area contributed by atoms with Crippen molar-refractivity contribution in [1.82, 2.24) is 14.9 Å². The number of carbonyl (C=O) groups excluding carboxylic acids is 1. The number of nitrogens with two attached hydrogens (primary N) is 1. The number of amides is 1. The topological polar surface area (TPSA) is 72.1 Å². The fourth-order valence-electron chi connectivity index (χ4n) is 1.94. The summed E-state index contributed by atoms with van der Waals surface area (Å²) in [6.07, 6.45) is 6.23. The molecule has 0 atom stereocenters. The maximum atomic E-state index is 12.0. The van der Waals surface area contributed by atoms with Crippen LogP contribution in [0.3, 0.4) is 0 Å². The molecule has 1 fully saturated rings. The summed E-state index contributed by atoms with van der Waals surface area (Å²) < 4.78 is 0. The second-order valence-electron chi connectivity index (χ2n) is 4.06. The van der Waals surface area contributed by atoms with Gasteiger partial charge in [0.2, 0.25) is 0 Å². The van der Waals surface area contributed by atoms with Crippen molar-refractivity contribution in [3.63, 3.8) is 0 Å². The van der Waals surface area contributed by atoms with E-state index in [1.54, 1.807) is 11.1 Å². The minimum atomic E-state index is -0.0699. The molecule has 0 unspecified atom stereocenters. The molecule has 0 saturated carbocycles. The van der Waals surface area contributed by atoms with Crippen molar-refractivity contribution in [2.75, 3.05) is 13.1 Å². The average molecular weight is 250 g/mol. The Morgan fingerprint density at radius 2 is 2.12 bits per heavy atom. The fourth-order valence-corrected chi connectivity index (χ4v) is 2.17. The standard InChI is InChI=1S/C11H14N4OS/c12-10(17)8-1-5-15(6-2-8)11(16)9-7-13-3-4-14-9/h3-4,7-8H,1-2,5-6H2,(H2,12,17). The van der Waals surface area contributed by atoms with Crippen LogP contribution in [0.4, 0.5) is 0 Å². The number of likely N-dealkylation sites (tertiary alicyclic amines) is 1. The van der Waals surface area contributed by atoms with E-state index in [1.165, 1.54) is 12.4 Å². The van der Waals surface area contributed by atoms with Gasteiger partial charge in [0.05, 0.1) is 11.2 Å². The van der Waals surface area contributed by atoms with E-state index in [0.29, 0.717) is 23.8 Å². The lowest BCUT2D eigenvalue weighted by Crippen LogP contribution is -2.41. The zero-order chi connectivity index (χ0) is 12.3. The first-order chi connectivity index (χ1) is 8.18. The van der Waals surface area contributed by atoms with Crippen LogP contribution in [-0.2, 0) is 0 Å². The quantitative estimate of drug-likeness (QED) is 0.779. The van der Waals surface area contributed by atoms with Crippen LogP contribution in [-0.4, -0.2) is 38.9 Å². The van der Waals surface area contributed by atoms with Crippen LogP contribution in [0.1, 0.15) is 23.3 Å². The summed E-state index contributed by atoms with van der Waals surface area (Å²) in [6.45, 7) is 1.36. The molecule has 5 nitrogen and oxygen atoms in total. The SMILES string of the molecule is NC(=S)C1CCN(C(=O)c2cnccn2)CC1. The van der Waals surface area contributed by atoms with Crippen LogP contribution in [0.15, 0.2) is 18.6 Å². The van der Waals surface area contributed by atoms with E-state index in [9.17, 15) is 4.79 Å². The lowest BCUT2D eigenvalue weighted by Gasteiger charge is -2.31. The Morgan fingerprint density at radius 1 is 1.41 bits per heavy atom. The van der Waals surface area contributed by atoms with E-state index in [-0.39, 0.29) is 11.8 Å². The van der Waals surface area contributed by atoms with E-state index >= 15 is 0 Å². The number of carbonyl (C=O) groups is 1. The number of hydrogen-bond donors (Lipinski definition) is 1. The molecule has 2 rings (SSSR count). The summed E-state index contributed by atoms with van der Waals surface area (Å²) in [6, 6.07) is 0. The summed E-state index contributed by atoms with van der Waals surface area (Å²) >= 11 is 4.97. The third-order valence-corrected chi connectivity index (χ3v) is 3.30. The van der Waals surface area contributed by atoms with Crippen LogP contribution in [0.2, 0.25) is 0 Å². The molecule has 1 amide bonds. The van der Waals surface area contributed by atoms with Gasteiger partial charge in [0.25, 0.3) is 5.91 Å². The molecule has 0 spiro atoms. The smallest absolute Gasteiger partial charge is 0.274 e. The molecule has 0 aromatic carbocycles. The van der Waals surface area contributed by atoms with Gasteiger partial charge in [-0.25, -0.2) is 4.98 Å². The lowest BCUT2D eigenvalue weighted by molar-refractivity contribution is 0.0704. The largest absolute Gasteiger partial charge is 0.393 e. The van der Waals surface area contributed by atoms with Crippen molar-refractivity contribution in [2.24, 2.45) is 11.7 Å². The fraction of sp³-hybridized carbons (Fsp3) is 0.455. The van der Waals surface area contributed by atoms with Crippen molar-refractivity contribution in [3.05, 3.63) is 24.3 Å². The van der Waals surface area contributed by atoms with Gasteiger partial charge in [-0.3, -0.25) is 9.78 Å². The second kappa shape index (κ2) is 5.18. The Hall–Kier alpha value is -1.56. The van der Waals surface area contributed by atoms with E-state index in [4.69, 9.17) is 18.0 Å². The first-order valence-electron chi connectivity index (χ1n) is 5.53. The van der Waals surface area contributed by atoms with Crippen LogP contribution >= 0.6 is 12.2 Å². The van der Waals surface area contributed by atoms with E-state index in [2.05, 4.69) is 9.97 Å². The average Bonchev–Trinajstić information content (AvgIpc) is 2.39. The molecular formula is C11H14N4OS. The highest BCUT2D eigenvalue weighted by Crippen LogP contribution is 2.18.